The van der Waals surface area contributed by atoms with Gasteiger partial charge in [0.15, 0.2) is 0 Å². The van der Waals surface area contributed by atoms with Crippen LogP contribution in [-0.2, 0) is 15.8 Å². The van der Waals surface area contributed by atoms with Crippen LogP contribution in [0.15, 0.2) is 78.0 Å². The van der Waals surface area contributed by atoms with Gasteiger partial charge in [-0.3, -0.25) is 9.78 Å². The Balaban J connectivity index is 1.24. The van der Waals surface area contributed by atoms with Gasteiger partial charge in [-0.1, -0.05) is 18.2 Å². The smallest absolute Gasteiger partial charge is 0.225 e. The molecule has 34 heavy (non-hydrogen) atoms. The second kappa shape index (κ2) is 11.3. The lowest BCUT2D eigenvalue weighted by molar-refractivity contribution is -0.116. The molecule has 0 bridgehead atoms. The SMILES string of the molecule is Cc1ccccc1S(=O)N(C)CCC(=O)Nc1ccc(N2CCN(c3ccncc3)CC2)cc1. The zero-order chi connectivity index (χ0) is 23.9. The maximum Gasteiger partial charge on any atom is 0.225 e. The number of aromatic nitrogens is 1. The summed E-state index contributed by atoms with van der Waals surface area (Å²) in [5, 5.41) is 2.95. The number of amides is 1. The van der Waals surface area contributed by atoms with Crippen LogP contribution in [0.1, 0.15) is 12.0 Å². The monoisotopic (exact) mass is 477 g/mol. The van der Waals surface area contributed by atoms with Gasteiger partial charge in [0, 0.05) is 75.6 Å². The van der Waals surface area contributed by atoms with E-state index in [1.807, 2.05) is 67.8 Å². The van der Waals surface area contributed by atoms with Crippen LogP contribution >= 0.6 is 0 Å². The van der Waals surface area contributed by atoms with E-state index < -0.39 is 11.0 Å². The van der Waals surface area contributed by atoms with E-state index in [2.05, 4.69) is 32.2 Å². The van der Waals surface area contributed by atoms with Crippen molar-refractivity contribution < 1.29 is 9.00 Å². The summed E-state index contributed by atoms with van der Waals surface area (Å²) in [5.41, 5.74) is 4.12. The highest BCUT2D eigenvalue weighted by atomic mass is 32.2. The van der Waals surface area contributed by atoms with Crippen molar-refractivity contribution in [3.8, 4) is 0 Å². The lowest BCUT2D eigenvalue weighted by Gasteiger charge is -2.37. The molecule has 7 nitrogen and oxygen atoms in total. The molecule has 1 fully saturated rings. The lowest BCUT2D eigenvalue weighted by atomic mass is 10.2. The zero-order valence-corrected chi connectivity index (χ0v) is 20.5. The first-order chi connectivity index (χ1) is 16.5. The van der Waals surface area contributed by atoms with E-state index in [1.165, 1.54) is 5.69 Å². The molecule has 1 aliphatic rings. The predicted molar refractivity (Wildman–Crippen MR) is 139 cm³/mol. The van der Waals surface area contributed by atoms with Crippen molar-refractivity contribution in [3.63, 3.8) is 0 Å². The van der Waals surface area contributed by atoms with Crippen LogP contribution in [-0.4, -0.2) is 59.2 Å². The Morgan fingerprint density at radius 2 is 1.53 bits per heavy atom. The summed E-state index contributed by atoms with van der Waals surface area (Å²) in [7, 11) is 0.494. The first-order valence-electron chi connectivity index (χ1n) is 11.5. The number of carbonyl (C=O) groups is 1. The van der Waals surface area contributed by atoms with Crippen molar-refractivity contribution >= 4 is 34.0 Å². The molecule has 3 aromatic rings. The van der Waals surface area contributed by atoms with Gasteiger partial charge in [0.25, 0.3) is 0 Å². The number of piperazine rings is 1. The van der Waals surface area contributed by atoms with Crippen molar-refractivity contribution in [3.05, 3.63) is 78.6 Å². The quantitative estimate of drug-likeness (QED) is 0.536. The van der Waals surface area contributed by atoms with Crippen LogP contribution < -0.4 is 15.1 Å². The Kier molecular flexibility index (Phi) is 7.92. The van der Waals surface area contributed by atoms with Gasteiger partial charge in [0.2, 0.25) is 5.91 Å². The maximum atomic E-state index is 12.7. The lowest BCUT2D eigenvalue weighted by Crippen LogP contribution is -2.46. The van der Waals surface area contributed by atoms with Gasteiger partial charge < -0.3 is 15.1 Å². The van der Waals surface area contributed by atoms with E-state index in [0.29, 0.717) is 6.54 Å². The number of anilines is 3. The highest BCUT2D eigenvalue weighted by molar-refractivity contribution is 7.82. The topological polar surface area (TPSA) is 68.8 Å². The number of nitrogens with zero attached hydrogens (tertiary/aromatic N) is 4. The van der Waals surface area contributed by atoms with Gasteiger partial charge in [0.1, 0.15) is 11.0 Å². The fraction of sp³-hybridized carbons (Fsp3) is 0.308. The summed E-state index contributed by atoms with van der Waals surface area (Å²) < 4.78 is 14.4. The van der Waals surface area contributed by atoms with E-state index in [0.717, 1.165) is 48.0 Å². The van der Waals surface area contributed by atoms with Gasteiger partial charge >= 0.3 is 0 Å². The standard InChI is InChI=1S/C26H31N5O2S/c1-21-5-3-4-6-25(21)34(33)29(2)16-13-26(32)28-22-7-9-23(10-8-22)30-17-19-31(20-18-30)24-11-14-27-15-12-24/h3-12,14-15H,13,16-20H2,1-2H3,(H,28,32). The third kappa shape index (κ3) is 6.01. The predicted octanol–water partition coefficient (Wildman–Crippen LogP) is 3.70. The van der Waals surface area contributed by atoms with Crippen molar-refractivity contribution in [2.45, 2.75) is 18.2 Å². The number of rotatable bonds is 8. The van der Waals surface area contributed by atoms with Gasteiger partial charge in [0.05, 0.1) is 4.90 Å². The second-order valence-corrected chi connectivity index (χ2v) is 9.95. The van der Waals surface area contributed by atoms with E-state index in [1.54, 1.807) is 11.4 Å². The van der Waals surface area contributed by atoms with Crippen molar-refractivity contribution in [2.75, 3.05) is 54.9 Å². The third-order valence-electron chi connectivity index (χ3n) is 6.04. The molecular weight excluding hydrogens is 446 g/mol. The van der Waals surface area contributed by atoms with Crippen molar-refractivity contribution in [1.82, 2.24) is 9.29 Å². The van der Waals surface area contributed by atoms with Crippen LogP contribution in [0.2, 0.25) is 0 Å². The van der Waals surface area contributed by atoms with E-state index in [4.69, 9.17) is 0 Å². The third-order valence-corrected chi connectivity index (χ3v) is 7.63. The molecule has 8 heteroatoms. The first kappa shape index (κ1) is 23.9. The highest BCUT2D eigenvalue weighted by Gasteiger charge is 2.18. The van der Waals surface area contributed by atoms with Crippen molar-refractivity contribution in [1.29, 1.82) is 0 Å². The van der Waals surface area contributed by atoms with Gasteiger partial charge in [-0.25, -0.2) is 8.51 Å². The molecule has 0 saturated carbocycles. The maximum absolute atomic E-state index is 12.7. The van der Waals surface area contributed by atoms with Gasteiger partial charge in [-0.15, -0.1) is 0 Å². The number of carbonyl (C=O) groups excluding carboxylic acids is 1. The molecule has 1 N–H and O–H groups in total. The number of pyridine rings is 1. The van der Waals surface area contributed by atoms with Crippen molar-refractivity contribution in [2.24, 2.45) is 0 Å². The number of aryl methyl sites for hydroxylation is 1. The molecule has 0 radical (unpaired) electrons. The molecule has 2 aromatic carbocycles. The van der Waals surface area contributed by atoms with Crippen LogP contribution in [0.3, 0.4) is 0 Å². The Labute approximate surface area is 204 Å². The summed E-state index contributed by atoms with van der Waals surface area (Å²) in [4.78, 5) is 22.0. The summed E-state index contributed by atoms with van der Waals surface area (Å²) in [6, 6.07) is 19.7. The van der Waals surface area contributed by atoms with Crippen LogP contribution in [0.25, 0.3) is 0 Å². The van der Waals surface area contributed by atoms with E-state index >= 15 is 0 Å². The number of nitrogens with one attached hydrogen (secondary N) is 1. The second-order valence-electron chi connectivity index (χ2n) is 8.39. The molecule has 178 valence electrons. The largest absolute Gasteiger partial charge is 0.368 e. The van der Waals surface area contributed by atoms with Crippen LogP contribution in [0.4, 0.5) is 17.1 Å². The average molecular weight is 478 g/mol. The first-order valence-corrected chi connectivity index (χ1v) is 12.6. The Hall–Kier alpha value is -3.23. The zero-order valence-electron chi connectivity index (χ0n) is 19.7. The fourth-order valence-electron chi connectivity index (χ4n) is 4.02. The normalized spacial score (nSPS) is 14.8. The van der Waals surface area contributed by atoms with Crippen LogP contribution in [0.5, 0.6) is 0 Å². The Morgan fingerprint density at radius 3 is 2.15 bits per heavy atom. The Bertz CT molecular complexity index is 1120. The molecule has 1 aromatic heterocycles. The fourth-order valence-corrected chi connectivity index (χ4v) is 5.15. The molecule has 1 amide bonds. The molecule has 1 atom stereocenters. The highest BCUT2D eigenvalue weighted by Crippen LogP contribution is 2.22. The minimum absolute atomic E-state index is 0.0904. The molecule has 1 unspecified atom stereocenters. The molecule has 0 aliphatic carbocycles. The molecular formula is C26H31N5O2S. The summed E-state index contributed by atoms with van der Waals surface area (Å²) >= 11 is 0. The van der Waals surface area contributed by atoms with Crippen LogP contribution in [0, 0.1) is 6.92 Å². The number of hydrogen-bond donors (Lipinski definition) is 1. The minimum atomic E-state index is -1.28. The minimum Gasteiger partial charge on any atom is -0.368 e. The molecule has 1 saturated heterocycles. The van der Waals surface area contributed by atoms with E-state index in [-0.39, 0.29) is 12.3 Å². The average Bonchev–Trinajstić information content (AvgIpc) is 2.88. The molecule has 2 heterocycles. The number of benzene rings is 2. The summed E-state index contributed by atoms with van der Waals surface area (Å²) in [6.45, 7) is 6.15. The molecule has 0 spiro atoms. The van der Waals surface area contributed by atoms with Gasteiger partial charge in [-0.2, -0.15) is 0 Å². The van der Waals surface area contributed by atoms with Gasteiger partial charge in [-0.05, 0) is 55.0 Å². The molecule has 1 aliphatic heterocycles. The molecule has 4 rings (SSSR count). The van der Waals surface area contributed by atoms with E-state index in [9.17, 15) is 9.00 Å². The Morgan fingerprint density at radius 1 is 0.941 bits per heavy atom. The summed E-state index contributed by atoms with van der Waals surface area (Å²) in [5.74, 6) is -0.0904. The number of hydrogen-bond acceptors (Lipinski definition) is 5. The summed E-state index contributed by atoms with van der Waals surface area (Å²) in [6.07, 6.45) is 3.93.